The molecule has 1 N–H and O–H groups in total. The lowest BCUT2D eigenvalue weighted by Gasteiger charge is -2.20. The molecule has 0 saturated heterocycles. The number of carbonyl (C=O) groups excluding carboxylic acids is 1. The molecule has 1 aliphatic heterocycles. The molecule has 7 heteroatoms. The third-order valence-corrected chi connectivity index (χ3v) is 5.06. The van der Waals surface area contributed by atoms with E-state index in [1.165, 1.54) is 4.90 Å². The highest BCUT2D eigenvalue weighted by Gasteiger charge is 2.16. The highest BCUT2D eigenvalue weighted by Crippen LogP contribution is 2.31. The molecule has 160 valence electrons. The Kier molecular flexibility index (Phi) is 7.54. The van der Waals surface area contributed by atoms with Crippen LogP contribution in [0.25, 0.3) is 0 Å². The third-order valence-electron chi connectivity index (χ3n) is 5.06. The molecule has 0 saturated carbocycles. The average Bonchev–Trinajstić information content (AvgIpc) is 2.78. The van der Waals surface area contributed by atoms with Gasteiger partial charge in [-0.3, -0.25) is 4.79 Å². The van der Waals surface area contributed by atoms with E-state index < -0.39 is 6.09 Å². The van der Waals surface area contributed by atoms with Gasteiger partial charge in [0.05, 0.1) is 7.11 Å². The van der Waals surface area contributed by atoms with Gasteiger partial charge in [-0.2, -0.15) is 0 Å². The lowest BCUT2D eigenvalue weighted by atomic mass is 10.0. The Balaban J connectivity index is 1.45. The Morgan fingerprint density at radius 2 is 1.80 bits per heavy atom. The van der Waals surface area contributed by atoms with Crippen LogP contribution in [0.2, 0.25) is 0 Å². The van der Waals surface area contributed by atoms with Crippen molar-refractivity contribution in [2.45, 2.75) is 25.7 Å². The summed E-state index contributed by atoms with van der Waals surface area (Å²) >= 11 is 0. The smallest absolute Gasteiger partial charge is 0.407 e. The van der Waals surface area contributed by atoms with Gasteiger partial charge in [0.1, 0.15) is 19.0 Å². The summed E-state index contributed by atoms with van der Waals surface area (Å²) in [5.74, 6) is 2.03. The molecule has 2 aromatic rings. The van der Waals surface area contributed by atoms with E-state index in [9.17, 15) is 14.7 Å². The maximum Gasteiger partial charge on any atom is 0.407 e. The summed E-state index contributed by atoms with van der Waals surface area (Å²) in [6.45, 7) is 1.76. The molecule has 0 aromatic heterocycles. The summed E-state index contributed by atoms with van der Waals surface area (Å²) in [6, 6.07) is 12.8. The molecule has 0 aliphatic carbocycles. The molecule has 1 amide bonds. The van der Waals surface area contributed by atoms with Gasteiger partial charge in [0.25, 0.3) is 0 Å². The molecule has 2 aromatic carbocycles. The summed E-state index contributed by atoms with van der Waals surface area (Å²) in [7, 11) is 1.60. The van der Waals surface area contributed by atoms with Crippen molar-refractivity contribution in [3.8, 4) is 17.2 Å². The Bertz CT molecular complexity index is 882. The van der Waals surface area contributed by atoms with Crippen molar-refractivity contribution in [3.63, 3.8) is 0 Å². The number of ketones is 1. The van der Waals surface area contributed by atoms with Crippen LogP contribution in [-0.2, 0) is 6.42 Å². The maximum absolute atomic E-state index is 12.5. The first-order chi connectivity index (χ1) is 14.6. The molecule has 0 unspecified atom stereocenters. The first kappa shape index (κ1) is 21.5. The quantitative estimate of drug-likeness (QED) is 0.467. The van der Waals surface area contributed by atoms with Crippen LogP contribution in [0.3, 0.4) is 0 Å². The van der Waals surface area contributed by atoms with E-state index >= 15 is 0 Å². The second-order valence-electron chi connectivity index (χ2n) is 7.07. The van der Waals surface area contributed by atoms with Gasteiger partial charge >= 0.3 is 6.09 Å². The number of ether oxygens (including phenoxy) is 3. The van der Waals surface area contributed by atoms with Crippen LogP contribution in [0.5, 0.6) is 17.2 Å². The number of carboxylic acid groups (broad SMARTS) is 1. The summed E-state index contributed by atoms with van der Waals surface area (Å²) in [5, 5.41) is 9.48. The number of para-hydroxylation sites is 1. The second-order valence-corrected chi connectivity index (χ2v) is 7.07. The minimum atomic E-state index is -0.955. The van der Waals surface area contributed by atoms with Crippen LogP contribution < -0.4 is 14.2 Å². The standard InChI is InChI=1S/C23H27NO6/c1-28-20-8-3-2-6-17(20)11-13-24(23(26)27)12-5-4-7-19(25)18-9-10-21-22(16-18)30-15-14-29-21/h2-3,6,8-10,16H,4-5,7,11-15H2,1H3,(H,26,27). The zero-order valence-electron chi connectivity index (χ0n) is 17.1. The molecular weight excluding hydrogens is 386 g/mol. The Hall–Kier alpha value is -3.22. The van der Waals surface area contributed by atoms with Crippen LogP contribution in [0.4, 0.5) is 4.79 Å². The number of hydrogen-bond acceptors (Lipinski definition) is 5. The van der Waals surface area contributed by atoms with Gasteiger partial charge in [-0.25, -0.2) is 4.79 Å². The zero-order valence-corrected chi connectivity index (χ0v) is 17.1. The molecule has 0 bridgehead atoms. The van der Waals surface area contributed by atoms with E-state index in [1.807, 2.05) is 24.3 Å². The normalized spacial score (nSPS) is 12.3. The van der Waals surface area contributed by atoms with Gasteiger partial charge in [-0.15, -0.1) is 0 Å². The van der Waals surface area contributed by atoms with Gasteiger partial charge in [-0.05, 0) is 49.1 Å². The third kappa shape index (κ3) is 5.65. The number of amides is 1. The number of Topliss-reactive ketones (excluding diaryl/α,β-unsaturated/α-hetero) is 1. The monoisotopic (exact) mass is 413 g/mol. The van der Waals surface area contributed by atoms with Gasteiger partial charge < -0.3 is 24.2 Å². The molecule has 7 nitrogen and oxygen atoms in total. The molecule has 1 heterocycles. The van der Waals surface area contributed by atoms with Crippen LogP contribution in [-0.4, -0.2) is 55.3 Å². The number of fused-ring (bicyclic) bond motifs is 1. The lowest BCUT2D eigenvalue weighted by molar-refractivity contribution is 0.0977. The van der Waals surface area contributed by atoms with E-state index in [-0.39, 0.29) is 5.78 Å². The van der Waals surface area contributed by atoms with Crippen molar-refractivity contribution >= 4 is 11.9 Å². The van der Waals surface area contributed by atoms with E-state index in [4.69, 9.17) is 14.2 Å². The fourth-order valence-corrected chi connectivity index (χ4v) is 3.42. The van der Waals surface area contributed by atoms with Crippen LogP contribution in [0.15, 0.2) is 42.5 Å². The molecule has 0 atom stereocenters. The Morgan fingerprint density at radius 3 is 2.57 bits per heavy atom. The molecule has 1 aliphatic rings. The molecular formula is C23H27NO6. The Morgan fingerprint density at radius 1 is 1.03 bits per heavy atom. The molecule has 0 spiro atoms. The van der Waals surface area contributed by atoms with Crippen molar-refractivity contribution in [1.29, 1.82) is 0 Å². The predicted molar refractivity (Wildman–Crippen MR) is 112 cm³/mol. The average molecular weight is 413 g/mol. The second kappa shape index (κ2) is 10.5. The van der Waals surface area contributed by atoms with Crippen molar-refractivity contribution in [2.24, 2.45) is 0 Å². The molecule has 0 fully saturated rings. The van der Waals surface area contributed by atoms with E-state index in [2.05, 4.69) is 0 Å². The minimum absolute atomic E-state index is 0.0165. The van der Waals surface area contributed by atoms with Gasteiger partial charge in [0.15, 0.2) is 17.3 Å². The number of hydrogen-bond donors (Lipinski definition) is 1. The highest BCUT2D eigenvalue weighted by atomic mass is 16.6. The summed E-state index contributed by atoms with van der Waals surface area (Å²) in [4.78, 5) is 25.4. The fourth-order valence-electron chi connectivity index (χ4n) is 3.42. The fraction of sp³-hybridized carbons (Fsp3) is 0.391. The van der Waals surface area contributed by atoms with Gasteiger partial charge in [-0.1, -0.05) is 18.2 Å². The number of nitrogens with zero attached hydrogens (tertiary/aromatic N) is 1. The highest BCUT2D eigenvalue weighted by molar-refractivity contribution is 5.96. The van der Waals surface area contributed by atoms with Crippen molar-refractivity contribution < 1.29 is 28.9 Å². The van der Waals surface area contributed by atoms with E-state index in [1.54, 1.807) is 25.3 Å². The molecule has 0 radical (unpaired) electrons. The van der Waals surface area contributed by atoms with Gasteiger partial charge in [0, 0.05) is 25.1 Å². The number of rotatable bonds is 10. The minimum Gasteiger partial charge on any atom is -0.496 e. The Labute approximate surface area is 176 Å². The maximum atomic E-state index is 12.5. The predicted octanol–water partition coefficient (Wildman–Crippen LogP) is 4.04. The first-order valence-corrected chi connectivity index (χ1v) is 10.1. The van der Waals surface area contributed by atoms with E-state index in [0.29, 0.717) is 69.0 Å². The SMILES string of the molecule is COc1ccccc1CCN(CCCCC(=O)c1ccc2c(c1)OCCO2)C(=O)O. The van der Waals surface area contributed by atoms with Crippen molar-refractivity contribution in [2.75, 3.05) is 33.4 Å². The zero-order chi connectivity index (χ0) is 21.3. The number of unbranched alkanes of at least 4 members (excludes halogenated alkanes) is 1. The number of methoxy groups -OCH3 is 1. The number of carbonyl (C=O) groups is 2. The summed E-state index contributed by atoms with van der Waals surface area (Å²) in [6.07, 6.45) is 1.22. The van der Waals surface area contributed by atoms with Crippen LogP contribution in [0, 0.1) is 0 Å². The van der Waals surface area contributed by atoms with E-state index in [0.717, 1.165) is 11.3 Å². The van der Waals surface area contributed by atoms with Crippen molar-refractivity contribution in [3.05, 3.63) is 53.6 Å². The van der Waals surface area contributed by atoms with Crippen molar-refractivity contribution in [1.82, 2.24) is 4.90 Å². The van der Waals surface area contributed by atoms with Gasteiger partial charge in [0.2, 0.25) is 0 Å². The lowest BCUT2D eigenvalue weighted by Crippen LogP contribution is -2.32. The largest absolute Gasteiger partial charge is 0.496 e. The number of benzene rings is 2. The van der Waals surface area contributed by atoms with Crippen LogP contribution in [0.1, 0.15) is 35.2 Å². The molecule has 30 heavy (non-hydrogen) atoms. The molecule has 3 rings (SSSR count). The topological polar surface area (TPSA) is 85.3 Å². The van der Waals surface area contributed by atoms with Crippen LogP contribution >= 0.6 is 0 Å². The summed E-state index contributed by atoms with van der Waals surface area (Å²) in [5.41, 5.74) is 1.56. The first-order valence-electron chi connectivity index (χ1n) is 10.1. The summed E-state index contributed by atoms with van der Waals surface area (Å²) < 4.78 is 16.3.